The van der Waals surface area contributed by atoms with Crippen molar-refractivity contribution in [2.75, 3.05) is 46.6 Å². The number of likely N-dealkylation sites (tertiary alicyclic amines) is 1. The highest BCUT2D eigenvalue weighted by atomic mass is 19.1. The molecule has 204 valence electrons. The topological polar surface area (TPSA) is 100 Å². The summed E-state index contributed by atoms with van der Waals surface area (Å²) in [6.45, 7) is 2.11. The average Bonchev–Trinajstić information content (AvgIpc) is 3.33. The summed E-state index contributed by atoms with van der Waals surface area (Å²) in [5, 5.41) is 24.0. The van der Waals surface area contributed by atoms with E-state index in [1.807, 2.05) is 29.2 Å². The Hall–Kier alpha value is -2.88. The maximum absolute atomic E-state index is 12.7. The molecule has 1 aliphatic rings. The Kier molecular flexibility index (Phi) is 11.9. The van der Waals surface area contributed by atoms with Gasteiger partial charge in [-0.2, -0.15) is 0 Å². The molecular formula is C28H39FN2O6. The zero-order valence-corrected chi connectivity index (χ0v) is 21.5. The maximum Gasteiger partial charge on any atom is 0.220 e. The Labute approximate surface area is 218 Å². The van der Waals surface area contributed by atoms with Gasteiger partial charge in [-0.15, -0.1) is 0 Å². The number of nitrogens with zero attached hydrogens (tertiary/aromatic N) is 1. The fourth-order valence-electron chi connectivity index (χ4n) is 4.23. The molecule has 1 heterocycles. The minimum absolute atomic E-state index is 0.171. The lowest BCUT2D eigenvalue weighted by molar-refractivity contribution is -0.123. The number of nitrogens with one attached hydrogen (secondary N) is 1. The van der Waals surface area contributed by atoms with Gasteiger partial charge < -0.3 is 29.7 Å². The van der Waals surface area contributed by atoms with Crippen molar-refractivity contribution in [2.24, 2.45) is 0 Å². The molecule has 0 radical (unpaired) electrons. The smallest absolute Gasteiger partial charge is 0.220 e. The fourth-order valence-corrected chi connectivity index (χ4v) is 4.23. The summed E-state index contributed by atoms with van der Waals surface area (Å²) >= 11 is 0. The second kappa shape index (κ2) is 15.4. The van der Waals surface area contributed by atoms with Gasteiger partial charge in [-0.1, -0.05) is 12.1 Å². The summed E-state index contributed by atoms with van der Waals surface area (Å²) in [5.41, 5.74) is 0.656. The first-order chi connectivity index (χ1) is 18.0. The van der Waals surface area contributed by atoms with Gasteiger partial charge in [0.25, 0.3) is 0 Å². The predicted molar refractivity (Wildman–Crippen MR) is 139 cm³/mol. The molecule has 0 aromatic heterocycles. The van der Waals surface area contributed by atoms with Crippen molar-refractivity contribution in [1.29, 1.82) is 0 Å². The average molecular weight is 519 g/mol. The van der Waals surface area contributed by atoms with Crippen molar-refractivity contribution in [3.05, 3.63) is 54.1 Å². The van der Waals surface area contributed by atoms with Gasteiger partial charge in [0, 0.05) is 26.1 Å². The Morgan fingerprint density at radius 1 is 1.03 bits per heavy atom. The Morgan fingerprint density at radius 3 is 2.24 bits per heavy atom. The molecule has 1 amide bonds. The largest absolute Gasteiger partial charge is 0.497 e. The van der Waals surface area contributed by atoms with E-state index >= 15 is 0 Å². The van der Waals surface area contributed by atoms with Crippen LogP contribution in [0.2, 0.25) is 0 Å². The molecule has 1 saturated heterocycles. The number of β-amino-alcohol motifs (C(OH)–C–C–N with tert-alkyl or cyclic N) is 1. The van der Waals surface area contributed by atoms with E-state index in [4.69, 9.17) is 14.2 Å². The molecule has 37 heavy (non-hydrogen) atoms. The number of benzene rings is 2. The summed E-state index contributed by atoms with van der Waals surface area (Å²) in [4.78, 5) is 14.8. The summed E-state index contributed by atoms with van der Waals surface area (Å²) in [6, 6.07) is 13.8. The van der Waals surface area contributed by atoms with Gasteiger partial charge in [0.05, 0.1) is 39.1 Å². The molecular weight excluding hydrogens is 479 g/mol. The fraction of sp³-hybridized carbons (Fsp3) is 0.536. The minimum Gasteiger partial charge on any atom is -0.497 e. The third-order valence-electron chi connectivity index (χ3n) is 6.32. The normalized spacial score (nSPS) is 17.2. The van der Waals surface area contributed by atoms with Gasteiger partial charge in [-0.3, -0.25) is 14.1 Å². The highest BCUT2D eigenvalue weighted by molar-refractivity contribution is 5.76. The van der Waals surface area contributed by atoms with Crippen LogP contribution in [0.3, 0.4) is 0 Å². The van der Waals surface area contributed by atoms with Crippen LogP contribution in [-0.2, 0) is 4.79 Å². The van der Waals surface area contributed by atoms with E-state index in [1.165, 1.54) is 0 Å². The number of hydrogen-bond donors (Lipinski definition) is 3. The quantitative estimate of drug-likeness (QED) is 0.293. The summed E-state index contributed by atoms with van der Waals surface area (Å²) in [7, 11) is 1.60. The standard InChI is InChI=1S/C28H39FN2O6/c1-35-23-10-12-25(13-11-23)37-18-4-5-27(33)30-26(20-31-16-14-22(32)19-31)28(34)21-6-8-24(9-7-21)36-17-3-2-15-29/h6-13,22,26,28,32,34H,2-5,14-20H2,1H3,(H,30,33)/t22-,26+,28+/m0/s1. The molecule has 3 N–H and O–H groups in total. The Bertz CT molecular complexity index is 927. The number of carbonyl (C=O) groups is 1. The van der Waals surface area contributed by atoms with Crippen LogP contribution < -0.4 is 19.5 Å². The molecule has 9 heteroatoms. The van der Waals surface area contributed by atoms with Gasteiger partial charge in [0.2, 0.25) is 5.91 Å². The van der Waals surface area contributed by atoms with Gasteiger partial charge in [0.1, 0.15) is 23.4 Å². The van der Waals surface area contributed by atoms with Crippen LogP contribution in [-0.4, -0.2) is 79.8 Å². The SMILES string of the molecule is COc1ccc(OCCCC(=O)N[C@H](CN2CC[C@H](O)C2)[C@H](O)c2ccc(OCCCCF)cc2)cc1. The molecule has 3 atom stereocenters. The van der Waals surface area contributed by atoms with Crippen LogP contribution in [0.4, 0.5) is 4.39 Å². The van der Waals surface area contributed by atoms with Crippen molar-refractivity contribution >= 4 is 5.91 Å². The zero-order valence-electron chi connectivity index (χ0n) is 21.5. The predicted octanol–water partition coefficient (Wildman–Crippen LogP) is 3.27. The van der Waals surface area contributed by atoms with E-state index in [0.29, 0.717) is 75.6 Å². The van der Waals surface area contributed by atoms with Gasteiger partial charge in [-0.05, 0) is 67.6 Å². The van der Waals surface area contributed by atoms with E-state index < -0.39 is 18.2 Å². The van der Waals surface area contributed by atoms with E-state index in [2.05, 4.69) is 5.32 Å². The lowest BCUT2D eigenvalue weighted by atomic mass is 10.0. The monoisotopic (exact) mass is 518 g/mol. The number of aliphatic hydroxyl groups is 2. The summed E-state index contributed by atoms with van der Waals surface area (Å²) in [6.07, 6.45) is 1.24. The highest BCUT2D eigenvalue weighted by Gasteiger charge is 2.28. The number of hydrogen-bond acceptors (Lipinski definition) is 7. The van der Waals surface area contributed by atoms with Crippen molar-refractivity contribution in [3.8, 4) is 17.2 Å². The molecule has 0 unspecified atom stereocenters. The van der Waals surface area contributed by atoms with Crippen LogP contribution in [0.1, 0.15) is 43.8 Å². The third kappa shape index (κ3) is 9.83. The Balaban J connectivity index is 1.52. The number of alkyl halides is 1. The van der Waals surface area contributed by atoms with Crippen molar-refractivity contribution in [1.82, 2.24) is 10.2 Å². The van der Waals surface area contributed by atoms with Crippen molar-refractivity contribution in [2.45, 2.75) is 50.4 Å². The number of carbonyl (C=O) groups excluding carboxylic acids is 1. The molecule has 2 aromatic rings. The van der Waals surface area contributed by atoms with Gasteiger partial charge >= 0.3 is 0 Å². The van der Waals surface area contributed by atoms with Crippen LogP contribution in [0.15, 0.2) is 48.5 Å². The lowest BCUT2D eigenvalue weighted by Crippen LogP contribution is -2.47. The number of ether oxygens (including phenoxy) is 3. The molecule has 3 rings (SSSR count). The van der Waals surface area contributed by atoms with Crippen LogP contribution in [0, 0.1) is 0 Å². The maximum atomic E-state index is 12.7. The van der Waals surface area contributed by atoms with E-state index in [0.717, 1.165) is 5.75 Å². The summed E-state index contributed by atoms with van der Waals surface area (Å²) < 4.78 is 28.7. The number of methoxy groups -OCH3 is 1. The van der Waals surface area contributed by atoms with E-state index in [-0.39, 0.29) is 19.0 Å². The number of unbranched alkanes of at least 4 members (excludes halogenated alkanes) is 1. The van der Waals surface area contributed by atoms with Gasteiger partial charge in [0.15, 0.2) is 0 Å². The molecule has 0 saturated carbocycles. The van der Waals surface area contributed by atoms with Crippen LogP contribution in [0.5, 0.6) is 17.2 Å². The Morgan fingerprint density at radius 2 is 1.65 bits per heavy atom. The number of rotatable bonds is 16. The number of halogens is 1. The first kappa shape index (κ1) is 28.7. The molecule has 0 spiro atoms. The highest BCUT2D eigenvalue weighted by Crippen LogP contribution is 2.23. The van der Waals surface area contributed by atoms with Crippen molar-refractivity contribution < 1.29 is 33.6 Å². The molecule has 2 aromatic carbocycles. The first-order valence-corrected chi connectivity index (χ1v) is 12.9. The second-order valence-electron chi connectivity index (χ2n) is 9.26. The lowest BCUT2D eigenvalue weighted by Gasteiger charge is -2.29. The van der Waals surface area contributed by atoms with Crippen LogP contribution in [0.25, 0.3) is 0 Å². The minimum atomic E-state index is -0.933. The molecule has 1 fully saturated rings. The summed E-state index contributed by atoms with van der Waals surface area (Å²) in [5.74, 6) is 1.93. The first-order valence-electron chi connectivity index (χ1n) is 12.9. The van der Waals surface area contributed by atoms with Gasteiger partial charge in [-0.25, -0.2) is 0 Å². The third-order valence-corrected chi connectivity index (χ3v) is 6.32. The second-order valence-corrected chi connectivity index (χ2v) is 9.26. The zero-order chi connectivity index (χ0) is 26.5. The molecule has 8 nitrogen and oxygen atoms in total. The number of aliphatic hydroxyl groups excluding tert-OH is 2. The van der Waals surface area contributed by atoms with E-state index in [1.54, 1.807) is 31.4 Å². The van der Waals surface area contributed by atoms with Crippen molar-refractivity contribution in [3.63, 3.8) is 0 Å². The van der Waals surface area contributed by atoms with Crippen LogP contribution >= 0.6 is 0 Å². The molecule has 0 aliphatic carbocycles. The molecule has 0 bridgehead atoms. The number of amides is 1. The van der Waals surface area contributed by atoms with E-state index in [9.17, 15) is 19.4 Å². The molecule has 1 aliphatic heterocycles.